The van der Waals surface area contributed by atoms with Gasteiger partial charge in [0.25, 0.3) is 0 Å². The number of fused-ring (bicyclic) bond motifs is 14. The summed E-state index contributed by atoms with van der Waals surface area (Å²) in [7, 11) is 0. The van der Waals surface area contributed by atoms with Crippen LogP contribution in [0.1, 0.15) is 119 Å². The average molecular weight is 1370 g/mol. The summed E-state index contributed by atoms with van der Waals surface area (Å²) in [6.07, 6.45) is -4.63. The van der Waals surface area contributed by atoms with Crippen LogP contribution in [0.15, 0.2) is 260 Å². The molecule has 0 spiro atoms. The number of furan rings is 4. The van der Waals surface area contributed by atoms with Crippen molar-refractivity contribution in [1.82, 2.24) is 0 Å². The third-order valence-electron chi connectivity index (χ3n) is 21.1. The van der Waals surface area contributed by atoms with Crippen molar-refractivity contribution < 1.29 is 30.8 Å². The Morgan fingerprint density at radius 3 is 1.13 bits per heavy atom. The monoisotopic (exact) mass is 1370 g/mol. The summed E-state index contributed by atoms with van der Waals surface area (Å²) < 4.78 is 72.3. The molecule has 105 heavy (non-hydrogen) atoms. The molecule has 18 aromatic rings. The van der Waals surface area contributed by atoms with Crippen LogP contribution in [0.4, 0.5) is 18.9 Å². The van der Waals surface area contributed by atoms with Crippen molar-refractivity contribution in [3.8, 4) is 72.8 Å². The number of nitrogens with zero attached hydrogens (tertiary/aromatic N) is 2. The van der Waals surface area contributed by atoms with Gasteiger partial charge in [0.15, 0.2) is 0 Å². The molecule has 0 N–H and O–H groups in total. The summed E-state index contributed by atoms with van der Waals surface area (Å²) >= 11 is 0. The van der Waals surface area contributed by atoms with Crippen LogP contribution in [0.2, 0.25) is 0 Å². The summed E-state index contributed by atoms with van der Waals surface area (Å²) in [5, 5.41) is 25.2. The minimum absolute atomic E-state index is 0.00162. The zero-order valence-electron chi connectivity index (χ0n) is 59.6. The molecule has 0 fully saturated rings. The maximum absolute atomic E-state index is 15.2. The number of nitriles is 1. The molecular formula is C96H71F3N2O4. The average Bonchev–Trinajstić information content (AvgIpc) is 1.57. The van der Waals surface area contributed by atoms with Crippen molar-refractivity contribution >= 4 is 114 Å². The van der Waals surface area contributed by atoms with Crippen molar-refractivity contribution in [3.05, 3.63) is 294 Å². The molecule has 0 amide bonds. The number of alkyl halides is 3. The predicted molar refractivity (Wildman–Crippen MR) is 427 cm³/mol. The molecule has 0 aliphatic rings. The molecular weight excluding hydrogens is 1300 g/mol. The molecule has 0 saturated heterocycles. The molecule has 0 saturated carbocycles. The van der Waals surface area contributed by atoms with E-state index in [1.165, 1.54) is 16.3 Å². The van der Waals surface area contributed by atoms with Crippen molar-refractivity contribution in [2.24, 2.45) is 0 Å². The standard InChI is InChI=1S/C48H37F3O2.C48H34N2O2/c1-26(2)44-28(5)37-24-38(32-20-18-31(19-21-32)36-16-10-14-30-12-8-9-15-35(30)36)41-42(46(37)52-44)39(34-22-17-29-11-6-7-13-33(29)23-34)25-40-43(48(49,50)51)45(27(3)4)53-47(40)41;1-27(2)45-41(26-49)39-24-38(34-22-17-29-11-6-7-13-33(29)23-34)43-42(47(39)51-45)37(25-40-44(50-5)46(28(3)4)52-48(40)43)32-20-18-31(19-21-32)36-16-10-14-30-12-8-9-15-35(30)36/h6-27H,1-5H3;6-25,27-28H,1-4H3. The van der Waals surface area contributed by atoms with Gasteiger partial charge in [-0.2, -0.15) is 18.4 Å². The van der Waals surface area contributed by atoms with E-state index in [4.69, 9.17) is 24.2 Å². The molecule has 18 rings (SSSR count). The quantitative estimate of drug-likeness (QED) is 0.127. The number of rotatable bonds is 10. The fourth-order valence-electron chi connectivity index (χ4n) is 16.1. The van der Waals surface area contributed by atoms with Crippen LogP contribution in [0, 0.1) is 24.8 Å². The van der Waals surface area contributed by atoms with Crippen molar-refractivity contribution in [1.29, 1.82) is 5.26 Å². The molecule has 14 aromatic carbocycles. The summed E-state index contributed by atoms with van der Waals surface area (Å²) in [5.41, 5.74) is 15.0. The zero-order valence-corrected chi connectivity index (χ0v) is 59.6. The minimum Gasteiger partial charge on any atom is -0.472 e. The molecule has 4 aromatic heterocycles. The summed E-state index contributed by atoms with van der Waals surface area (Å²) in [5.74, 6) is 1.72. The Kier molecular flexibility index (Phi) is 16.0. The molecule has 6 nitrogen and oxygen atoms in total. The van der Waals surface area contributed by atoms with Gasteiger partial charge in [-0.15, -0.1) is 0 Å². The minimum atomic E-state index is -4.63. The Morgan fingerprint density at radius 2 is 0.676 bits per heavy atom. The molecule has 0 radical (unpaired) electrons. The van der Waals surface area contributed by atoms with Gasteiger partial charge in [0.05, 0.1) is 6.57 Å². The fraction of sp³-hybridized carbons (Fsp3) is 0.146. The Morgan fingerprint density at radius 1 is 0.333 bits per heavy atom. The number of hydrogen-bond donors (Lipinski definition) is 0. The van der Waals surface area contributed by atoms with E-state index in [-0.39, 0.29) is 34.5 Å². The van der Waals surface area contributed by atoms with E-state index in [0.29, 0.717) is 50.5 Å². The van der Waals surface area contributed by atoms with E-state index in [9.17, 15) is 5.26 Å². The third kappa shape index (κ3) is 10.9. The molecule has 510 valence electrons. The Labute approximate surface area is 605 Å². The van der Waals surface area contributed by atoms with Gasteiger partial charge in [-0.1, -0.05) is 268 Å². The Hall–Kier alpha value is -12.4. The van der Waals surface area contributed by atoms with Gasteiger partial charge < -0.3 is 17.7 Å². The normalized spacial score (nSPS) is 12.1. The largest absolute Gasteiger partial charge is 0.472 e. The lowest BCUT2D eigenvalue weighted by Crippen LogP contribution is -2.08. The number of halogens is 3. The van der Waals surface area contributed by atoms with Crippen molar-refractivity contribution in [3.63, 3.8) is 0 Å². The maximum Gasteiger partial charge on any atom is 0.420 e. The highest BCUT2D eigenvalue weighted by molar-refractivity contribution is 6.29. The third-order valence-corrected chi connectivity index (χ3v) is 21.1. The van der Waals surface area contributed by atoms with E-state index in [1.807, 2.05) is 60.7 Å². The Balaban J connectivity index is 0.000000155. The van der Waals surface area contributed by atoms with Gasteiger partial charge in [0.2, 0.25) is 5.69 Å². The van der Waals surface area contributed by atoms with Crippen LogP contribution in [0.25, 0.3) is 180 Å². The van der Waals surface area contributed by atoms with E-state index in [2.05, 4.69) is 235 Å². The second kappa shape index (κ2) is 25.5. The molecule has 0 aliphatic heterocycles. The van der Waals surface area contributed by atoms with Gasteiger partial charge in [0, 0.05) is 66.8 Å². The molecule has 9 heteroatoms. The smallest absolute Gasteiger partial charge is 0.420 e. The number of benzene rings is 14. The maximum atomic E-state index is 15.2. The lowest BCUT2D eigenvalue weighted by molar-refractivity contribution is -0.137. The van der Waals surface area contributed by atoms with E-state index in [1.54, 1.807) is 19.9 Å². The van der Waals surface area contributed by atoms with E-state index in [0.717, 1.165) is 132 Å². The van der Waals surface area contributed by atoms with E-state index >= 15 is 13.2 Å². The van der Waals surface area contributed by atoms with E-state index < -0.39 is 17.7 Å². The molecule has 0 atom stereocenters. The van der Waals surface area contributed by atoms with Crippen molar-refractivity contribution in [2.45, 2.75) is 92.2 Å². The molecule has 0 bridgehead atoms. The summed E-state index contributed by atoms with van der Waals surface area (Å²) in [6.45, 7) is 26.3. The first-order valence-corrected chi connectivity index (χ1v) is 35.9. The van der Waals surface area contributed by atoms with Crippen LogP contribution in [-0.4, -0.2) is 0 Å². The Bertz CT molecular complexity index is 6660. The number of aryl methyl sites for hydroxylation is 1. The van der Waals surface area contributed by atoms with Gasteiger partial charge >= 0.3 is 6.18 Å². The van der Waals surface area contributed by atoms with Gasteiger partial charge in [-0.05, 0) is 153 Å². The van der Waals surface area contributed by atoms with Crippen LogP contribution < -0.4 is 0 Å². The van der Waals surface area contributed by atoms with Crippen LogP contribution >= 0.6 is 0 Å². The molecule has 0 aliphatic carbocycles. The SMILES string of the molecule is Cc1c(C(C)C)oc2c1cc(-c1ccc(-c3cccc4ccccc34)cc1)c1c3oc(C(C)C)c(C(F)(F)F)c3cc(-c3ccc4ccccc4c3)c21.[C-]#[N+]c1c(C(C)C)oc2c1cc(-c1ccc(-c3cccc4ccccc34)cc1)c1c3oc(C(C)C)c(C#N)c3cc(-c3ccc4ccccc4c3)c21. The van der Waals surface area contributed by atoms with Gasteiger partial charge in [0.1, 0.15) is 62.6 Å². The molecule has 0 unspecified atom stereocenters. The van der Waals surface area contributed by atoms with Crippen LogP contribution in [-0.2, 0) is 6.18 Å². The fourth-order valence-corrected chi connectivity index (χ4v) is 16.1. The lowest BCUT2D eigenvalue weighted by atomic mass is 9.87. The van der Waals surface area contributed by atoms with Gasteiger partial charge in [-0.3, -0.25) is 0 Å². The zero-order chi connectivity index (χ0) is 72.4. The number of hydrogen-bond acceptors (Lipinski definition) is 5. The predicted octanol–water partition coefficient (Wildman–Crippen LogP) is 29.5. The highest BCUT2D eigenvalue weighted by Crippen LogP contribution is 2.54. The summed E-state index contributed by atoms with van der Waals surface area (Å²) in [6, 6.07) is 85.8. The van der Waals surface area contributed by atoms with Crippen LogP contribution in [0.5, 0.6) is 0 Å². The van der Waals surface area contributed by atoms with Gasteiger partial charge in [-0.25, -0.2) is 4.85 Å². The lowest BCUT2D eigenvalue weighted by Gasteiger charge is -2.15. The first-order chi connectivity index (χ1) is 50.8. The highest BCUT2D eigenvalue weighted by Gasteiger charge is 2.41. The first-order valence-electron chi connectivity index (χ1n) is 35.9. The van der Waals surface area contributed by atoms with Crippen molar-refractivity contribution in [2.75, 3.05) is 0 Å². The second-order valence-electron chi connectivity index (χ2n) is 29.0. The van der Waals surface area contributed by atoms with Crippen LogP contribution in [0.3, 0.4) is 0 Å². The first kappa shape index (κ1) is 65.9. The topological polar surface area (TPSA) is 80.7 Å². The highest BCUT2D eigenvalue weighted by atomic mass is 19.4. The summed E-state index contributed by atoms with van der Waals surface area (Å²) in [4.78, 5) is 4.05. The second-order valence-corrected chi connectivity index (χ2v) is 29.0. The molecule has 4 heterocycles.